The Morgan fingerprint density at radius 2 is 1.19 bits per heavy atom. The van der Waals surface area contributed by atoms with Crippen molar-refractivity contribution in [3.05, 3.63) is 0 Å². The predicted octanol–water partition coefficient (Wildman–Crippen LogP) is 3.36. The van der Waals surface area contributed by atoms with E-state index in [4.69, 9.17) is 0 Å². The maximum Gasteiger partial charge on any atom is 0.229 e. The van der Waals surface area contributed by atoms with Gasteiger partial charge in [-0.1, -0.05) is 40.5 Å². The van der Waals surface area contributed by atoms with Gasteiger partial charge in [0.05, 0.1) is 0 Å². The maximum atomic E-state index is 4.42. The first-order chi connectivity index (χ1) is 10.2. The third-order valence-corrected chi connectivity index (χ3v) is 2.93. The van der Waals surface area contributed by atoms with Crippen LogP contribution < -0.4 is 16.0 Å². The Kier molecular flexibility index (Phi) is 8.47. The summed E-state index contributed by atoms with van der Waals surface area (Å²) in [6.45, 7) is 11.3. The zero-order valence-electron chi connectivity index (χ0n) is 13.9. The smallest absolute Gasteiger partial charge is 0.229 e. The fourth-order valence-corrected chi connectivity index (χ4v) is 1.66. The first kappa shape index (κ1) is 17.5. The SMILES string of the molecule is CCCCNc1nc(NCCCC)nc(NCC(C)C)n1. The second kappa shape index (κ2) is 10.2. The molecule has 0 aliphatic carbocycles. The molecule has 0 saturated heterocycles. The van der Waals surface area contributed by atoms with Gasteiger partial charge in [-0.15, -0.1) is 0 Å². The number of hydrogen-bond acceptors (Lipinski definition) is 6. The van der Waals surface area contributed by atoms with Crippen molar-refractivity contribution in [3.63, 3.8) is 0 Å². The van der Waals surface area contributed by atoms with Crippen LogP contribution in [0, 0.1) is 5.92 Å². The highest BCUT2D eigenvalue weighted by Gasteiger charge is 2.06. The Labute approximate surface area is 128 Å². The second-order valence-corrected chi connectivity index (χ2v) is 5.64. The number of rotatable bonds is 11. The van der Waals surface area contributed by atoms with Crippen molar-refractivity contribution in [1.82, 2.24) is 15.0 Å². The lowest BCUT2D eigenvalue weighted by Crippen LogP contribution is -2.15. The Morgan fingerprint density at radius 3 is 1.57 bits per heavy atom. The first-order valence-corrected chi connectivity index (χ1v) is 8.13. The number of unbranched alkanes of at least 4 members (excludes halogenated alkanes) is 2. The molecule has 0 aromatic carbocycles. The van der Waals surface area contributed by atoms with E-state index in [1.54, 1.807) is 0 Å². The average molecular weight is 294 g/mol. The summed E-state index contributed by atoms with van der Waals surface area (Å²) < 4.78 is 0. The Bertz CT molecular complexity index is 366. The van der Waals surface area contributed by atoms with E-state index in [-0.39, 0.29) is 0 Å². The van der Waals surface area contributed by atoms with Crippen molar-refractivity contribution < 1.29 is 0 Å². The van der Waals surface area contributed by atoms with Gasteiger partial charge in [-0.25, -0.2) is 0 Å². The van der Waals surface area contributed by atoms with Crippen molar-refractivity contribution in [2.45, 2.75) is 53.4 Å². The normalized spacial score (nSPS) is 10.7. The molecule has 0 fully saturated rings. The molecule has 0 amide bonds. The molecule has 1 heterocycles. The summed E-state index contributed by atoms with van der Waals surface area (Å²) in [6, 6.07) is 0. The van der Waals surface area contributed by atoms with Crippen LogP contribution in [0.5, 0.6) is 0 Å². The Balaban J connectivity index is 2.69. The molecule has 0 aliphatic rings. The fraction of sp³-hybridized carbons (Fsp3) is 0.800. The average Bonchev–Trinajstić information content (AvgIpc) is 2.46. The van der Waals surface area contributed by atoms with Crippen molar-refractivity contribution in [1.29, 1.82) is 0 Å². The molecule has 0 saturated carbocycles. The highest BCUT2D eigenvalue weighted by molar-refractivity contribution is 5.42. The van der Waals surface area contributed by atoms with Crippen molar-refractivity contribution in [2.75, 3.05) is 35.6 Å². The number of hydrogen-bond donors (Lipinski definition) is 3. The van der Waals surface area contributed by atoms with Crippen LogP contribution in [0.4, 0.5) is 17.8 Å². The second-order valence-electron chi connectivity index (χ2n) is 5.64. The summed E-state index contributed by atoms with van der Waals surface area (Å²) in [6.07, 6.45) is 4.52. The molecule has 0 bridgehead atoms. The molecule has 0 aliphatic heterocycles. The number of aromatic nitrogens is 3. The summed E-state index contributed by atoms with van der Waals surface area (Å²) in [7, 11) is 0. The summed E-state index contributed by atoms with van der Waals surface area (Å²) in [4.78, 5) is 13.3. The van der Waals surface area contributed by atoms with E-state index in [0.717, 1.165) is 45.3 Å². The first-order valence-electron chi connectivity index (χ1n) is 8.13. The van der Waals surface area contributed by atoms with E-state index < -0.39 is 0 Å². The molecular weight excluding hydrogens is 264 g/mol. The number of nitrogens with one attached hydrogen (secondary N) is 3. The molecule has 21 heavy (non-hydrogen) atoms. The molecule has 0 spiro atoms. The zero-order valence-corrected chi connectivity index (χ0v) is 13.9. The molecular formula is C15H30N6. The van der Waals surface area contributed by atoms with E-state index in [1.807, 2.05) is 0 Å². The molecule has 120 valence electrons. The van der Waals surface area contributed by atoms with Crippen molar-refractivity contribution in [3.8, 4) is 0 Å². The maximum absolute atomic E-state index is 4.42. The van der Waals surface area contributed by atoms with E-state index in [9.17, 15) is 0 Å². The molecule has 3 N–H and O–H groups in total. The van der Waals surface area contributed by atoms with Gasteiger partial charge >= 0.3 is 0 Å². The Hall–Kier alpha value is -1.59. The lowest BCUT2D eigenvalue weighted by Gasteiger charge is -2.12. The van der Waals surface area contributed by atoms with Gasteiger partial charge in [0, 0.05) is 19.6 Å². The van der Waals surface area contributed by atoms with Crippen LogP contribution in [-0.2, 0) is 0 Å². The van der Waals surface area contributed by atoms with Crippen LogP contribution in [0.2, 0.25) is 0 Å². The third-order valence-electron chi connectivity index (χ3n) is 2.93. The molecule has 1 aromatic heterocycles. The minimum Gasteiger partial charge on any atom is -0.354 e. The lowest BCUT2D eigenvalue weighted by molar-refractivity contribution is 0.684. The van der Waals surface area contributed by atoms with Crippen LogP contribution in [0.15, 0.2) is 0 Å². The van der Waals surface area contributed by atoms with Gasteiger partial charge in [0.2, 0.25) is 17.8 Å². The van der Waals surface area contributed by atoms with E-state index in [0.29, 0.717) is 23.8 Å². The minimum atomic E-state index is 0.551. The summed E-state index contributed by atoms with van der Waals surface area (Å²) >= 11 is 0. The Morgan fingerprint density at radius 1 is 0.762 bits per heavy atom. The summed E-state index contributed by atoms with van der Waals surface area (Å²) in [5.74, 6) is 2.47. The van der Waals surface area contributed by atoms with Gasteiger partial charge in [-0.3, -0.25) is 0 Å². The van der Waals surface area contributed by atoms with Crippen LogP contribution in [0.1, 0.15) is 53.4 Å². The topological polar surface area (TPSA) is 74.8 Å². The van der Waals surface area contributed by atoms with Crippen LogP contribution in [-0.4, -0.2) is 34.6 Å². The number of nitrogens with zero attached hydrogens (tertiary/aromatic N) is 3. The summed E-state index contributed by atoms with van der Waals surface area (Å²) in [5, 5.41) is 9.79. The zero-order chi connectivity index (χ0) is 15.5. The monoisotopic (exact) mass is 294 g/mol. The van der Waals surface area contributed by atoms with Crippen molar-refractivity contribution in [2.24, 2.45) is 5.92 Å². The highest BCUT2D eigenvalue weighted by atomic mass is 15.3. The number of anilines is 3. The minimum absolute atomic E-state index is 0.551. The van der Waals surface area contributed by atoms with E-state index in [1.165, 1.54) is 0 Å². The van der Waals surface area contributed by atoms with Crippen molar-refractivity contribution >= 4 is 17.8 Å². The van der Waals surface area contributed by atoms with Gasteiger partial charge in [-0.05, 0) is 18.8 Å². The predicted molar refractivity (Wildman–Crippen MR) is 90.0 cm³/mol. The van der Waals surface area contributed by atoms with Gasteiger partial charge in [0.25, 0.3) is 0 Å². The lowest BCUT2D eigenvalue weighted by atomic mass is 10.2. The molecule has 1 rings (SSSR count). The largest absolute Gasteiger partial charge is 0.354 e. The van der Waals surface area contributed by atoms with Crippen LogP contribution in [0.3, 0.4) is 0 Å². The quantitative estimate of drug-likeness (QED) is 0.543. The molecule has 0 atom stereocenters. The van der Waals surface area contributed by atoms with E-state index in [2.05, 4.69) is 58.6 Å². The highest BCUT2D eigenvalue weighted by Crippen LogP contribution is 2.10. The van der Waals surface area contributed by atoms with E-state index >= 15 is 0 Å². The molecule has 0 radical (unpaired) electrons. The summed E-state index contributed by atoms with van der Waals surface area (Å²) in [5.41, 5.74) is 0. The van der Waals surface area contributed by atoms with Gasteiger partial charge in [-0.2, -0.15) is 15.0 Å². The third kappa shape index (κ3) is 7.68. The molecule has 1 aromatic rings. The molecule has 6 nitrogen and oxygen atoms in total. The molecule has 6 heteroatoms. The fourth-order valence-electron chi connectivity index (χ4n) is 1.66. The van der Waals surface area contributed by atoms with Gasteiger partial charge < -0.3 is 16.0 Å². The standard InChI is InChI=1S/C15H30N6/c1-5-7-9-16-13-19-14(17-10-8-6-2)21-15(20-13)18-11-12(3)4/h12H,5-11H2,1-4H3,(H3,16,17,18,19,20,21). The van der Waals surface area contributed by atoms with Gasteiger partial charge in [0.15, 0.2) is 0 Å². The molecule has 0 unspecified atom stereocenters. The van der Waals surface area contributed by atoms with Crippen LogP contribution >= 0.6 is 0 Å². The van der Waals surface area contributed by atoms with Crippen LogP contribution in [0.25, 0.3) is 0 Å². The van der Waals surface area contributed by atoms with Gasteiger partial charge in [0.1, 0.15) is 0 Å².